The monoisotopic (exact) mass is 328 g/mol. The lowest BCUT2D eigenvalue weighted by Crippen LogP contribution is -2.41. The quantitative estimate of drug-likeness (QED) is 0.929. The molecule has 2 aliphatic heterocycles. The molecule has 2 aliphatic rings. The first-order valence-corrected chi connectivity index (χ1v) is 9.08. The number of hydrogen-bond acceptors (Lipinski definition) is 4. The van der Waals surface area contributed by atoms with Gasteiger partial charge in [0.1, 0.15) is 18.0 Å². The fourth-order valence-electron chi connectivity index (χ4n) is 3.36. The molecule has 0 aliphatic carbocycles. The molecular formula is C17H20N4OS. The van der Waals surface area contributed by atoms with Gasteiger partial charge in [0.25, 0.3) is 0 Å². The molecule has 0 saturated carbocycles. The molecule has 1 N–H and O–H groups in total. The van der Waals surface area contributed by atoms with Crippen LogP contribution in [0.5, 0.6) is 0 Å². The maximum Gasteiger partial charge on any atom is 0.239 e. The number of thioether (sulfide) groups is 1. The van der Waals surface area contributed by atoms with Gasteiger partial charge in [-0.1, -0.05) is 30.3 Å². The molecule has 2 unspecified atom stereocenters. The van der Waals surface area contributed by atoms with Crippen LogP contribution in [0.3, 0.4) is 0 Å². The van der Waals surface area contributed by atoms with Gasteiger partial charge in [-0.25, -0.2) is 4.98 Å². The van der Waals surface area contributed by atoms with Crippen molar-refractivity contribution in [3.05, 3.63) is 53.6 Å². The second-order valence-corrected chi connectivity index (χ2v) is 7.22. The first-order valence-electron chi connectivity index (χ1n) is 7.92. The number of carbonyl (C=O) groups is 1. The molecular weight excluding hydrogens is 308 g/mol. The molecule has 1 aromatic heterocycles. The third-order valence-corrected chi connectivity index (χ3v) is 5.70. The molecule has 6 heteroatoms. The number of amides is 1. The van der Waals surface area contributed by atoms with Crippen LogP contribution in [0.4, 0.5) is 0 Å². The van der Waals surface area contributed by atoms with Crippen molar-refractivity contribution < 1.29 is 4.79 Å². The number of hydrogen-bond donors (Lipinski definition) is 1. The number of nitrogens with zero attached hydrogens (tertiary/aromatic N) is 3. The van der Waals surface area contributed by atoms with E-state index >= 15 is 0 Å². The van der Waals surface area contributed by atoms with E-state index in [1.165, 1.54) is 5.56 Å². The lowest BCUT2D eigenvalue weighted by molar-refractivity contribution is -0.121. The summed E-state index contributed by atoms with van der Waals surface area (Å²) in [5.41, 5.74) is 2.43. The van der Waals surface area contributed by atoms with Crippen LogP contribution in [0.15, 0.2) is 36.5 Å². The van der Waals surface area contributed by atoms with Crippen LogP contribution in [-0.4, -0.2) is 44.5 Å². The van der Waals surface area contributed by atoms with Crippen molar-refractivity contribution in [1.29, 1.82) is 0 Å². The minimum atomic E-state index is -0.0945. The van der Waals surface area contributed by atoms with Gasteiger partial charge in [-0.05, 0) is 5.56 Å². The molecule has 4 rings (SSSR count). The lowest BCUT2D eigenvalue weighted by Gasteiger charge is -2.30. The second-order valence-electron chi connectivity index (χ2n) is 6.07. The number of imidazole rings is 1. The van der Waals surface area contributed by atoms with Crippen molar-refractivity contribution in [2.75, 3.05) is 18.1 Å². The summed E-state index contributed by atoms with van der Waals surface area (Å²) in [5.74, 6) is 3.01. The predicted octanol–water partition coefficient (Wildman–Crippen LogP) is 1.56. The first kappa shape index (κ1) is 14.8. The number of nitrogens with one attached hydrogen (secondary N) is 1. The predicted molar refractivity (Wildman–Crippen MR) is 91.2 cm³/mol. The van der Waals surface area contributed by atoms with Gasteiger partial charge in [-0.3, -0.25) is 9.69 Å². The number of benzene rings is 1. The Balaban J connectivity index is 1.59. The van der Waals surface area contributed by atoms with Gasteiger partial charge in [-0.2, -0.15) is 11.8 Å². The molecule has 1 amide bonds. The molecule has 0 spiro atoms. The molecule has 23 heavy (non-hydrogen) atoms. The van der Waals surface area contributed by atoms with E-state index in [4.69, 9.17) is 0 Å². The standard InChI is InChI=1S/C17H20N4OS/c1-20-13(9-12-5-3-2-4-6-12)10-18-15(20)16-19-17(22)14-11-23-8-7-21(14)16/h2-6,10,14,16H,7-9,11H2,1H3,(H,19,22). The summed E-state index contributed by atoms with van der Waals surface area (Å²) in [6, 6.07) is 10.4. The van der Waals surface area contributed by atoms with Crippen LogP contribution in [0.25, 0.3) is 0 Å². The number of aromatic nitrogens is 2. The van der Waals surface area contributed by atoms with Gasteiger partial charge in [0.05, 0.1) is 0 Å². The van der Waals surface area contributed by atoms with Crippen LogP contribution in [0.2, 0.25) is 0 Å². The fourth-order valence-corrected chi connectivity index (χ4v) is 4.44. The Labute approximate surface area is 140 Å². The average Bonchev–Trinajstić information content (AvgIpc) is 3.10. The van der Waals surface area contributed by atoms with Crippen molar-refractivity contribution in [3.8, 4) is 0 Å². The summed E-state index contributed by atoms with van der Waals surface area (Å²) in [7, 11) is 2.04. The summed E-state index contributed by atoms with van der Waals surface area (Å²) < 4.78 is 2.13. The number of fused-ring (bicyclic) bond motifs is 1. The Hall–Kier alpha value is -1.79. The van der Waals surface area contributed by atoms with E-state index in [1.54, 1.807) is 0 Å². The maximum atomic E-state index is 12.2. The molecule has 1 aromatic carbocycles. The zero-order chi connectivity index (χ0) is 15.8. The van der Waals surface area contributed by atoms with E-state index in [0.29, 0.717) is 0 Å². The van der Waals surface area contributed by atoms with E-state index < -0.39 is 0 Å². The van der Waals surface area contributed by atoms with E-state index in [9.17, 15) is 4.79 Å². The van der Waals surface area contributed by atoms with Crippen LogP contribution in [0, 0.1) is 0 Å². The normalized spacial score (nSPS) is 24.5. The van der Waals surface area contributed by atoms with Crippen molar-refractivity contribution >= 4 is 17.7 Å². The topological polar surface area (TPSA) is 50.2 Å². The Morgan fingerprint density at radius 2 is 2.17 bits per heavy atom. The Morgan fingerprint density at radius 3 is 3.00 bits per heavy atom. The summed E-state index contributed by atoms with van der Waals surface area (Å²) in [6.45, 7) is 0.930. The van der Waals surface area contributed by atoms with Gasteiger partial charge < -0.3 is 9.88 Å². The van der Waals surface area contributed by atoms with E-state index in [2.05, 4.69) is 44.0 Å². The Morgan fingerprint density at radius 1 is 1.35 bits per heavy atom. The highest BCUT2D eigenvalue weighted by Crippen LogP contribution is 2.31. The largest absolute Gasteiger partial charge is 0.332 e. The van der Waals surface area contributed by atoms with Gasteiger partial charge in [0, 0.05) is 43.4 Å². The minimum absolute atomic E-state index is 0.00646. The summed E-state index contributed by atoms with van der Waals surface area (Å²) >= 11 is 1.85. The highest BCUT2D eigenvalue weighted by Gasteiger charge is 2.43. The molecule has 0 radical (unpaired) electrons. The van der Waals surface area contributed by atoms with Crippen LogP contribution in [0.1, 0.15) is 23.2 Å². The second kappa shape index (κ2) is 6.02. The highest BCUT2D eigenvalue weighted by atomic mass is 32.2. The average molecular weight is 328 g/mol. The lowest BCUT2D eigenvalue weighted by atomic mass is 10.1. The number of carbonyl (C=O) groups excluding carboxylic acids is 1. The number of rotatable bonds is 3. The Kier molecular flexibility index (Phi) is 3.87. The van der Waals surface area contributed by atoms with Crippen molar-refractivity contribution in [1.82, 2.24) is 19.8 Å². The van der Waals surface area contributed by atoms with Crippen LogP contribution in [-0.2, 0) is 18.3 Å². The zero-order valence-corrected chi connectivity index (χ0v) is 13.9. The van der Waals surface area contributed by atoms with Crippen molar-refractivity contribution in [3.63, 3.8) is 0 Å². The van der Waals surface area contributed by atoms with Crippen molar-refractivity contribution in [2.45, 2.75) is 18.6 Å². The first-order chi connectivity index (χ1) is 11.2. The molecule has 120 valence electrons. The zero-order valence-electron chi connectivity index (χ0n) is 13.1. The molecule has 2 aromatic rings. The van der Waals surface area contributed by atoms with Gasteiger partial charge in [0.2, 0.25) is 5.91 Å². The SMILES string of the molecule is Cn1c(Cc2ccccc2)cnc1C1NC(=O)C2CSCCN21. The molecule has 0 bridgehead atoms. The van der Waals surface area contributed by atoms with Crippen LogP contribution < -0.4 is 5.32 Å². The summed E-state index contributed by atoms with van der Waals surface area (Å²) in [5, 5.41) is 3.12. The summed E-state index contributed by atoms with van der Waals surface area (Å²) in [6.07, 6.45) is 2.69. The smallest absolute Gasteiger partial charge is 0.239 e. The van der Waals surface area contributed by atoms with Crippen LogP contribution >= 0.6 is 11.8 Å². The fraction of sp³-hybridized carbons (Fsp3) is 0.412. The molecule has 2 fully saturated rings. The molecule has 5 nitrogen and oxygen atoms in total. The molecule has 3 heterocycles. The highest BCUT2D eigenvalue weighted by molar-refractivity contribution is 7.99. The van der Waals surface area contributed by atoms with E-state index in [1.807, 2.05) is 31.1 Å². The minimum Gasteiger partial charge on any atom is -0.332 e. The van der Waals surface area contributed by atoms with E-state index in [0.717, 1.165) is 36.0 Å². The van der Waals surface area contributed by atoms with Crippen molar-refractivity contribution in [2.24, 2.45) is 7.05 Å². The van der Waals surface area contributed by atoms with Gasteiger partial charge in [0.15, 0.2) is 0 Å². The molecule has 2 saturated heterocycles. The van der Waals surface area contributed by atoms with E-state index in [-0.39, 0.29) is 18.1 Å². The Bertz CT molecular complexity index is 715. The molecule has 2 atom stereocenters. The van der Waals surface area contributed by atoms with Gasteiger partial charge in [-0.15, -0.1) is 0 Å². The third-order valence-electron chi connectivity index (χ3n) is 4.68. The summed E-state index contributed by atoms with van der Waals surface area (Å²) in [4.78, 5) is 19.1. The third kappa shape index (κ3) is 2.66. The van der Waals surface area contributed by atoms with Gasteiger partial charge >= 0.3 is 0 Å². The maximum absolute atomic E-state index is 12.2.